The number of urea groups is 1. The Labute approximate surface area is 101 Å². The molecule has 4 heteroatoms. The molecule has 0 fully saturated rings. The van der Waals surface area contributed by atoms with E-state index in [9.17, 15) is 9.18 Å². The molecule has 17 heavy (non-hydrogen) atoms. The first-order valence-electron chi connectivity index (χ1n) is 5.74. The van der Waals surface area contributed by atoms with Crippen LogP contribution in [-0.4, -0.2) is 12.1 Å². The van der Waals surface area contributed by atoms with Gasteiger partial charge in [0.25, 0.3) is 0 Å². The number of rotatable bonds is 3. The zero-order valence-electron chi connectivity index (χ0n) is 10.7. The number of hydrogen-bond donors (Lipinski definition) is 2. The molecule has 0 aliphatic rings. The quantitative estimate of drug-likeness (QED) is 0.833. The Kier molecular flexibility index (Phi) is 4.49. The van der Waals surface area contributed by atoms with Crippen LogP contribution in [0.2, 0.25) is 0 Å². The third-order valence-electron chi connectivity index (χ3n) is 2.73. The van der Waals surface area contributed by atoms with Crippen LogP contribution in [0.25, 0.3) is 0 Å². The summed E-state index contributed by atoms with van der Waals surface area (Å²) in [5, 5.41) is 5.27. The Hall–Kier alpha value is -1.58. The van der Waals surface area contributed by atoms with Crippen molar-refractivity contribution < 1.29 is 9.18 Å². The van der Waals surface area contributed by atoms with Gasteiger partial charge in [-0.05, 0) is 37.5 Å². The van der Waals surface area contributed by atoms with Gasteiger partial charge in [0, 0.05) is 6.04 Å². The van der Waals surface area contributed by atoms with Crippen molar-refractivity contribution in [3.63, 3.8) is 0 Å². The van der Waals surface area contributed by atoms with Crippen LogP contribution in [0.1, 0.15) is 26.3 Å². The lowest BCUT2D eigenvalue weighted by Crippen LogP contribution is -2.39. The molecule has 1 atom stereocenters. The average molecular weight is 238 g/mol. The van der Waals surface area contributed by atoms with Crippen molar-refractivity contribution in [2.24, 2.45) is 5.92 Å². The number of amides is 2. The molecular formula is C13H19FN2O. The second-order valence-corrected chi connectivity index (χ2v) is 4.61. The Morgan fingerprint density at radius 2 is 1.94 bits per heavy atom. The number of hydrogen-bond acceptors (Lipinski definition) is 1. The summed E-state index contributed by atoms with van der Waals surface area (Å²) in [6.45, 7) is 7.78. The summed E-state index contributed by atoms with van der Waals surface area (Å²) >= 11 is 0. The summed E-state index contributed by atoms with van der Waals surface area (Å²) < 4.78 is 13.4. The first-order valence-corrected chi connectivity index (χ1v) is 5.74. The minimum atomic E-state index is -0.428. The standard InChI is InChI=1S/C13H19FN2O/c1-8(2)10(4)15-13(17)16-12-7-9(3)5-6-11(12)14/h5-8,10H,1-4H3,(H2,15,16,17). The van der Waals surface area contributed by atoms with Crippen molar-refractivity contribution >= 4 is 11.7 Å². The van der Waals surface area contributed by atoms with Crippen molar-refractivity contribution in [3.8, 4) is 0 Å². The fourth-order valence-corrected chi connectivity index (χ4v) is 1.27. The predicted octanol–water partition coefficient (Wildman–Crippen LogP) is 3.30. The van der Waals surface area contributed by atoms with E-state index in [1.165, 1.54) is 6.07 Å². The summed E-state index contributed by atoms with van der Waals surface area (Å²) in [4.78, 5) is 11.6. The lowest BCUT2D eigenvalue weighted by molar-refractivity contribution is 0.246. The maximum Gasteiger partial charge on any atom is 0.319 e. The van der Waals surface area contributed by atoms with Gasteiger partial charge >= 0.3 is 6.03 Å². The van der Waals surface area contributed by atoms with E-state index < -0.39 is 5.82 Å². The summed E-state index contributed by atoms with van der Waals surface area (Å²) in [5.41, 5.74) is 1.11. The van der Waals surface area contributed by atoms with Gasteiger partial charge in [-0.1, -0.05) is 19.9 Å². The van der Waals surface area contributed by atoms with Gasteiger partial charge in [0.1, 0.15) is 5.82 Å². The molecule has 0 saturated heterocycles. The van der Waals surface area contributed by atoms with Gasteiger partial charge in [0.05, 0.1) is 5.69 Å². The fraction of sp³-hybridized carbons (Fsp3) is 0.462. The minimum Gasteiger partial charge on any atom is -0.335 e. The largest absolute Gasteiger partial charge is 0.335 e. The van der Waals surface area contributed by atoms with E-state index in [4.69, 9.17) is 0 Å². The van der Waals surface area contributed by atoms with E-state index in [1.807, 2.05) is 27.7 Å². The normalized spacial score (nSPS) is 12.4. The Morgan fingerprint density at radius 1 is 1.29 bits per heavy atom. The number of aryl methyl sites for hydroxylation is 1. The number of anilines is 1. The number of halogens is 1. The van der Waals surface area contributed by atoms with Crippen molar-refractivity contribution in [1.29, 1.82) is 0 Å². The number of carbonyl (C=O) groups excluding carboxylic acids is 1. The lowest BCUT2D eigenvalue weighted by Gasteiger charge is -2.18. The van der Waals surface area contributed by atoms with Gasteiger partial charge in [-0.15, -0.1) is 0 Å². The molecule has 0 saturated carbocycles. The van der Waals surface area contributed by atoms with Gasteiger partial charge < -0.3 is 10.6 Å². The number of nitrogens with one attached hydrogen (secondary N) is 2. The Morgan fingerprint density at radius 3 is 2.53 bits per heavy atom. The highest BCUT2D eigenvalue weighted by molar-refractivity contribution is 5.89. The minimum absolute atomic E-state index is 0.0443. The fourth-order valence-electron chi connectivity index (χ4n) is 1.27. The van der Waals surface area contributed by atoms with E-state index in [-0.39, 0.29) is 17.8 Å². The lowest BCUT2D eigenvalue weighted by atomic mass is 10.1. The molecule has 2 N–H and O–H groups in total. The second kappa shape index (κ2) is 5.66. The van der Waals surface area contributed by atoms with Gasteiger partial charge in [0.15, 0.2) is 0 Å². The first kappa shape index (κ1) is 13.5. The molecule has 94 valence electrons. The van der Waals surface area contributed by atoms with Gasteiger partial charge in [0.2, 0.25) is 0 Å². The van der Waals surface area contributed by atoms with Crippen LogP contribution in [0.3, 0.4) is 0 Å². The summed E-state index contributed by atoms with van der Waals surface area (Å²) in [6, 6.07) is 4.28. The molecular weight excluding hydrogens is 219 g/mol. The van der Waals surface area contributed by atoms with Crippen LogP contribution in [0, 0.1) is 18.7 Å². The van der Waals surface area contributed by atoms with Crippen molar-refractivity contribution in [1.82, 2.24) is 5.32 Å². The first-order chi connectivity index (χ1) is 7.90. The molecule has 1 aromatic rings. The Balaban J connectivity index is 2.65. The third-order valence-corrected chi connectivity index (χ3v) is 2.73. The predicted molar refractivity (Wildman–Crippen MR) is 67.6 cm³/mol. The van der Waals surface area contributed by atoms with Crippen LogP contribution in [0.5, 0.6) is 0 Å². The van der Waals surface area contributed by atoms with E-state index in [1.54, 1.807) is 12.1 Å². The van der Waals surface area contributed by atoms with E-state index in [2.05, 4.69) is 10.6 Å². The molecule has 0 radical (unpaired) electrons. The van der Waals surface area contributed by atoms with Crippen molar-refractivity contribution in [2.75, 3.05) is 5.32 Å². The SMILES string of the molecule is Cc1ccc(F)c(NC(=O)NC(C)C(C)C)c1. The maximum absolute atomic E-state index is 13.4. The third kappa shape index (κ3) is 4.06. The van der Waals surface area contributed by atoms with Crippen LogP contribution >= 0.6 is 0 Å². The summed E-state index contributed by atoms with van der Waals surface area (Å²) in [5.74, 6) is -0.0916. The van der Waals surface area contributed by atoms with Gasteiger partial charge in [-0.2, -0.15) is 0 Å². The van der Waals surface area contributed by atoms with Gasteiger partial charge in [-0.25, -0.2) is 9.18 Å². The van der Waals surface area contributed by atoms with E-state index in [0.29, 0.717) is 5.92 Å². The van der Waals surface area contributed by atoms with E-state index >= 15 is 0 Å². The zero-order chi connectivity index (χ0) is 13.0. The summed E-state index contributed by atoms with van der Waals surface area (Å²) in [6.07, 6.45) is 0. The molecule has 0 aliphatic heterocycles. The van der Waals surface area contributed by atoms with Gasteiger partial charge in [-0.3, -0.25) is 0 Å². The average Bonchev–Trinajstić information content (AvgIpc) is 2.23. The Bertz CT molecular complexity index is 404. The molecule has 1 rings (SSSR count). The number of benzene rings is 1. The molecule has 0 heterocycles. The molecule has 1 unspecified atom stereocenters. The zero-order valence-corrected chi connectivity index (χ0v) is 10.7. The molecule has 1 aromatic carbocycles. The molecule has 0 spiro atoms. The van der Waals surface area contributed by atoms with Crippen molar-refractivity contribution in [3.05, 3.63) is 29.6 Å². The van der Waals surface area contributed by atoms with Crippen LogP contribution in [0.15, 0.2) is 18.2 Å². The molecule has 0 bridgehead atoms. The molecule has 0 aromatic heterocycles. The highest BCUT2D eigenvalue weighted by atomic mass is 19.1. The molecule has 0 aliphatic carbocycles. The van der Waals surface area contributed by atoms with Crippen LogP contribution in [0.4, 0.5) is 14.9 Å². The molecule has 2 amide bonds. The van der Waals surface area contributed by atoms with Crippen molar-refractivity contribution in [2.45, 2.75) is 33.7 Å². The second-order valence-electron chi connectivity index (χ2n) is 4.61. The topological polar surface area (TPSA) is 41.1 Å². The highest BCUT2D eigenvalue weighted by Crippen LogP contribution is 2.15. The summed E-state index contributed by atoms with van der Waals surface area (Å²) in [7, 11) is 0. The smallest absolute Gasteiger partial charge is 0.319 e. The maximum atomic E-state index is 13.4. The monoisotopic (exact) mass is 238 g/mol. The van der Waals surface area contributed by atoms with E-state index in [0.717, 1.165) is 5.56 Å². The highest BCUT2D eigenvalue weighted by Gasteiger charge is 2.12. The van der Waals surface area contributed by atoms with Crippen LogP contribution in [-0.2, 0) is 0 Å². The van der Waals surface area contributed by atoms with Crippen LogP contribution < -0.4 is 10.6 Å². The number of carbonyl (C=O) groups is 1. The molecule has 3 nitrogen and oxygen atoms in total.